The predicted molar refractivity (Wildman–Crippen MR) is 81.2 cm³/mol. The highest BCUT2D eigenvalue weighted by molar-refractivity contribution is 6.01. The van der Waals surface area contributed by atoms with E-state index in [4.69, 9.17) is 15.3 Å². The molecule has 0 saturated heterocycles. The maximum absolute atomic E-state index is 9.00. The summed E-state index contributed by atoms with van der Waals surface area (Å²) in [7, 11) is 0. The van der Waals surface area contributed by atoms with Crippen LogP contribution in [-0.4, -0.2) is 17.0 Å². The molecule has 5 nitrogen and oxygen atoms in total. The van der Waals surface area contributed by atoms with Gasteiger partial charge >= 0.3 is 0 Å². The molecule has 0 fully saturated rings. The summed E-state index contributed by atoms with van der Waals surface area (Å²) in [6, 6.07) is 19.3. The van der Waals surface area contributed by atoms with Crippen LogP contribution in [0.2, 0.25) is 0 Å². The second-order valence-corrected chi connectivity index (χ2v) is 3.88. The van der Waals surface area contributed by atoms with Crippen molar-refractivity contribution < 1.29 is 9.90 Å². The highest BCUT2D eigenvalue weighted by Crippen LogP contribution is 2.07. The molecule has 2 aromatic rings. The molecule has 0 unspecified atom stereocenters. The van der Waals surface area contributed by atoms with Gasteiger partial charge in [0.05, 0.1) is 0 Å². The third-order valence-electron chi connectivity index (χ3n) is 2.09. The molecular formula is C15H17N3O2. The normalized spacial score (nSPS) is 8.85. The molecule has 0 saturated carbocycles. The van der Waals surface area contributed by atoms with Crippen molar-refractivity contribution in [1.82, 2.24) is 0 Å². The van der Waals surface area contributed by atoms with Crippen LogP contribution in [0, 0.1) is 5.41 Å². The minimum atomic E-state index is -0.833. The van der Waals surface area contributed by atoms with Gasteiger partial charge in [0.15, 0.2) is 5.96 Å². The van der Waals surface area contributed by atoms with E-state index in [2.05, 4.69) is 10.6 Å². The highest BCUT2D eigenvalue weighted by atomic mass is 16.4. The van der Waals surface area contributed by atoms with Crippen molar-refractivity contribution in [2.24, 2.45) is 0 Å². The molecule has 2 rings (SSSR count). The van der Waals surface area contributed by atoms with Gasteiger partial charge in [0.25, 0.3) is 5.97 Å². The number of para-hydroxylation sites is 2. The Kier molecular flexibility index (Phi) is 6.33. The number of anilines is 2. The van der Waals surface area contributed by atoms with E-state index in [0.29, 0.717) is 0 Å². The summed E-state index contributed by atoms with van der Waals surface area (Å²) in [5.74, 6) is -0.572. The number of guanidine groups is 1. The van der Waals surface area contributed by atoms with Crippen molar-refractivity contribution in [3.63, 3.8) is 0 Å². The fourth-order valence-electron chi connectivity index (χ4n) is 1.36. The van der Waals surface area contributed by atoms with Crippen LogP contribution < -0.4 is 10.6 Å². The quantitative estimate of drug-likeness (QED) is 0.499. The summed E-state index contributed by atoms with van der Waals surface area (Å²) in [4.78, 5) is 9.00. The SMILES string of the molecule is CC(=O)O.N=C(Nc1ccccc1)Nc1ccccc1. The lowest BCUT2D eigenvalue weighted by molar-refractivity contribution is -0.134. The van der Waals surface area contributed by atoms with E-state index in [0.717, 1.165) is 18.3 Å². The molecule has 0 radical (unpaired) electrons. The van der Waals surface area contributed by atoms with Crippen molar-refractivity contribution in [3.05, 3.63) is 60.7 Å². The van der Waals surface area contributed by atoms with E-state index in [-0.39, 0.29) is 5.96 Å². The van der Waals surface area contributed by atoms with E-state index < -0.39 is 5.97 Å². The first-order valence-electron chi connectivity index (χ1n) is 6.00. The summed E-state index contributed by atoms with van der Waals surface area (Å²) in [6.45, 7) is 1.08. The van der Waals surface area contributed by atoms with Gasteiger partial charge in [-0.25, -0.2) is 0 Å². The summed E-state index contributed by atoms with van der Waals surface area (Å²) in [6.07, 6.45) is 0. The standard InChI is InChI=1S/C13H13N3.C2H4O2/c14-13(15-11-7-3-1-4-8-11)16-12-9-5-2-6-10-12;1-2(3)4/h1-10H,(H3,14,15,16);1H3,(H,3,4). The van der Waals surface area contributed by atoms with Crippen LogP contribution in [0.25, 0.3) is 0 Å². The fourth-order valence-corrected chi connectivity index (χ4v) is 1.36. The van der Waals surface area contributed by atoms with Gasteiger partial charge in [0.1, 0.15) is 0 Å². The van der Waals surface area contributed by atoms with Crippen LogP contribution >= 0.6 is 0 Å². The van der Waals surface area contributed by atoms with Crippen LogP contribution in [0.5, 0.6) is 0 Å². The van der Waals surface area contributed by atoms with Gasteiger partial charge in [-0.15, -0.1) is 0 Å². The summed E-state index contributed by atoms with van der Waals surface area (Å²) in [5, 5.41) is 21.1. The van der Waals surface area contributed by atoms with Gasteiger partial charge in [-0.3, -0.25) is 10.2 Å². The van der Waals surface area contributed by atoms with Crippen molar-refractivity contribution in [2.75, 3.05) is 10.6 Å². The molecule has 0 aromatic heterocycles. The van der Waals surface area contributed by atoms with E-state index in [1.165, 1.54) is 0 Å². The Morgan fingerprint density at radius 3 is 1.50 bits per heavy atom. The Morgan fingerprint density at radius 1 is 0.900 bits per heavy atom. The van der Waals surface area contributed by atoms with Gasteiger partial charge in [0, 0.05) is 18.3 Å². The molecule has 5 heteroatoms. The number of hydrogen-bond donors (Lipinski definition) is 4. The van der Waals surface area contributed by atoms with Gasteiger partial charge in [0.2, 0.25) is 0 Å². The first kappa shape index (κ1) is 15.2. The molecule has 104 valence electrons. The van der Waals surface area contributed by atoms with E-state index in [9.17, 15) is 0 Å². The average Bonchev–Trinajstić information content (AvgIpc) is 2.40. The smallest absolute Gasteiger partial charge is 0.300 e. The molecule has 0 aliphatic heterocycles. The molecular weight excluding hydrogens is 254 g/mol. The molecule has 20 heavy (non-hydrogen) atoms. The molecule has 4 N–H and O–H groups in total. The van der Waals surface area contributed by atoms with E-state index >= 15 is 0 Å². The molecule has 0 aliphatic carbocycles. The molecule has 0 aliphatic rings. The second-order valence-electron chi connectivity index (χ2n) is 3.88. The third-order valence-corrected chi connectivity index (χ3v) is 2.09. The van der Waals surface area contributed by atoms with Crippen molar-refractivity contribution in [3.8, 4) is 0 Å². The van der Waals surface area contributed by atoms with E-state index in [1.54, 1.807) is 0 Å². The Hall–Kier alpha value is -2.82. The highest BCUT2D eigenvalue weighted by Gasteiger charge is 1.96. The Bertz CT molecular complexity index is 494. The molecule has 2 aromatic carbocycles. The number of hydrogen-bond acceptors (Lipinski definition) is 2. The number of aliphatic carboxylic acids is 1. The third kappa shape index (κ3) is 6.80. The number of rotatable bonds is 2. The minimum Gasteiger partial charge on any atom is -0.481 e. The Balaban J connectivity index is 0.000000444. The lowest BCUT2D eigenvalue weighted by Crippen LogP contribution is -2.20. The fraction of sp³-hybridized carbons (Fsp3) is 0.0667. The molecule has 0 spiro atoms. The lowest BCUT2D eigenvalue weighted by atomic mass is 10.3. The van der Waals surface area contributed by atoms with Crippen molar-refractivity contribution in [1.29, 1.82) is 5.41 Å². The predicted octanol–water partition coefficient (Wildman–Crippen LogP) is 3.24. The number of benzene rings is 2. The summed E-state index contributed by atoms with van der Waals surface area (Å²) < 4.78 is 0. The first-order chi connectivity index (χ1) is 9.58. The zero-order valence-electron chi connectivity index (χ0n) is 11.1. The van der Waals surface area contributed by atoms with Crippen LogP contribution in [0.4, 0.5) is 11.4 Å². The minimum absolute atomic E-state index is 0.261. The monoisotopic (exact) mass is 271 g/mol. The van der Waals surface area contributed by atoms with Crippen LogP contribution in [0.1, 0.15) is 6.92 Å². The number of carbonyl (C=O) groups is 1. The second kappa shape index (κ2) is 8.31. The van der Waals surface area contributed by atoms with Crippen LogP contribution in [-0.2, 0) is 4.79 Å². The maximum Gasteiger partial charge on any atom is 0.300 e. The molecule has 0 heterocycles. The maximum atomic E-state index is 9.00. The molecule has 0 bridgehead atoms. The summed E-state index contributed by atoms with van der Waals surface area (Å²) in [5.41, 5.74) is 1.80. The zero-order valence-corrected chi connectivity index (χ0v) is 11.1. The number of carboxylic acids is 1. The van der Waals surface area contributed by atoms with Gasteiger partial charge < -0.3 is 15.7 Å². The number of nitrogens with one attached hydrogen (secondary N) is 3. The molecule has 0 amide bonds. The van der Waals surface area contributed by atoms with Gasteiger partial charge in [-0.1, -0.05) is 36.4 Å². The molecule has 0 atom stereocenters. The summed E-state index contributed by atoms with van der Waals surface area (Å²) >= 11 is 0. The van der Waals surface area contributed by atoms with E-state index in [1.807, 2.05) is 60.7 Å². The number of carboxylic acid groups (broad SMARTS) is 1. The van der Waals surface area contributed by atoms with Crippen molar-refractivity contribution >= 4 is 23.3 Å². The Morgan fingerprint density at radius 2 is 1.20 bits per heavy atom. The lowest BCUT2D eigenvalue weighted by Gasteiger charge is -2.09. The topological polar surface area (TPSA) is 85.2 Å². The van der Waals surface area contributed by atoms with Crippen LogP contribution in [0.15, 0.2) is 60.7 Å². The largest absolute Gasteiger partial charge is 0.481 e. The van der Waals surface area contributed by atoms with Gasteiger partial charge in [-0.2, -0.15) is 0 Å². The van der Waals surface area contributed by atoms with Gasteiger partial charge in [-0.05, 0) is 24.3 Å². The van der Waals surface area contributed by atoms with Crippen molar-refractivity contribution in [2.45, 2.75) is 6.92 Å². The average molecular weight is 271 g/mol. The zero-order chi connectivity index (χ0) is 14.8. The first-order valence-corrected chi connectivity index (χ1v) is 6.00. The van der Waals surface area contributed by atoms with Crippen LogP contribution in [0.3, 0.4) is 0 Å². The Labute approximate surface area is 117 Å².